The molecule has 0 bridgehead atoms. The molecule has 1 N–H and O–H groups in total. The Kier molecular flexibility index (Phi) is 4.21. The third kappa shape index (κ3) is 3.61. The maximum absolute atomic E-state index is 12.5. The molecule has 3 rings (SSSR count). The number of hydrogen-bond donors (Lipinski definition) is 1. The quantitative estimate of drug-likeness (QED) is 0.932. The molecule has 6 nitrogen and oxygen atoms in total. The lowest BCUT2D eigenvalue weighted by Gasteiger charge is -2.26. The monoisotopic (exact) mass is 332 g/mol. The summed E-state index contributed by atoms with van der Waals surface area (Å²) in [5.74, 6) is 0. The largest absolute Gasteiger partial charge is 0.443 e. The number of aromatic nitrogens is 2. The molecule has 0 radical (unpaired) electrons. The van der Waals surface area contributed by atoms with E-state index in [4.69, 9.17) is 4.74 Å². The van der Waals surface area contributed by atoms with Gasteiger partial charge in [0.15, 0.2) is 0 Å². The van der Waals surface area contributed by atoms with Crippen molar-refractivity contribution in [2.45, 2.75) is 39.3 Å². The molecule has 1 aliphatic rings. The number of hydrogen-bond acceptors (Lipinski definition) is 6. The number of carbonyl (C=O) groups excluding carboxylic acids is 1. The number of rotatable bonds is 3. The third-order valence-electron chi connectivity index (χ3n) is 3.51. The van der Waals surface area contributed by atoms with Crippen LogP contribution in [-0.2, 0) is 17.7 Å². The molecule has 23 heavy (non-hydrogen) atoms. The molecule has 2 aromatic rings. The molecule has 122 valence electrons. The molecule has 1 amide bonds. The van der Waals surface area contributed by atoms with Crippen LogP contribution in [0.4, 0.5) is 15.5 Å². The van der Waals surface area contributed by atoms with E-state index < -0.39 is 5.60 Å². The smallest absolute Gasteiger partial charge is 0.414 e. The number of para-hydroxylation sites is 1. The molecule has 0 saturated heterocycles. The maximum Gasteiger partial charge on any atom is 0.414 e. The highest BCUT2D eigenvalue weighted by Gasteiger charge is 2.30. The molecule has 0 saturated carbocycles. The Morgan fingerprint density at radius 1 is 1.43 bits per heavy atom. The standard InChI is InChI=1S/C16H20N4O2S/c1-16(2,3)22-15(21)20-8-7-11-5-4-6-12(14(11)20)9-17-13-10-18-19-23-13/h4-6,10,17H,7-9H2,1-3H3. The van der Waals surface area contributed by atoms with Gasteiger partial charge < -0.3 is 10.1 Å². The van der Waals surface area contributed by atoms with E-state index in [0.29, 0.717) is 13.1 Å². The molecule has 1 aromatic carbocycles. The van der Waals surface area contributed by atoms with Crippen molar-refractivity contribution in [2.24, 2.45) is 0 Å². The first-order valence-electron chi connectivity index (χ1n) is 7.56. The van der Waals surface area contributed by atoms with Gasteiger partial charge in [-0.25, -0.2) is 4.79 Å². The van der Waals surface area contributed by atoms with Gasteiger partial charge in [0.25, 0.3) is 0 Å². The van der Waals surface area contributed by atoms with Crippen LogP contribution in [0, 0.1) is 0 Å². The van der Waals surface area contributed by atoms with Crippen molar-refractivity contribution < 1.29 is 9.53 Å². The fourth-order valence-corrected chi connectivity index (χ4v) is 3.02. The van der Waals surface area contributed by atoms with Crippen molar-refractivity contribution in [1.29, 1.82) is 0 Å². The number of nitrogens with zero attached hydrogens (tertiary/aromatic N) is 3. The van der Waals surface area contributed by atoms with Gasteiger partial charge in [-0.05, 0) is 38.3 Å². The van der Waals surface area contributed by atoms with Gasteiger partial charge in [0.1, 0.15) is 10.6 Å². The minimum absolute atomic E-state index is 0.289. The lowest BCUT2D eigenvalue weighted by molar-refractivity contribution is 0.0583. The molecular weight excluding hydrogens is 312 g/mol. The van der Waals surface area contributed by atoms with Crippen LogP contribution in [-0.4, -0.2) is 27.8 Å². The van der Waals surface area contributed by atoms with Gasteiger partial charge in [-0.1, -0.05) is 22.7 Å². The summed E-state index contributed by atoms with van der Waals surface area (Å²) in [5, 5.41) is 8.01. The normalized spacial score (nSPS) is 13.8. The number of carbonyl (C=O) groups is 1. The first-order chi connectivity index (χ1) is 10.9. The summed E-state index contributed by atoms with van der Waals surface area (Å²) in [6, 6.07) is 6.12. The molecule has 2 heterocycles. The highest BCUT2D eigenvalue weighted by atomic mass is 32.1. The number of ether oxygens (including phenoxy) is 1. The zero-order valence-electron chi connectivity index (χ0n) is 13.5. The van der Waals surface area contributed by atoms with Crippen molar-refractivity contribution >= 4 is 28.3 Å². The third-order valence-corrected chi connectivity index (χ3v) is 4.13. The Hall–Kier alpha value is -2.15. The Bertz CT molecular complexity index is 695. The van der Waals surface area contributed by atoms with E-state index in [9.17, 15) is 4.79 Å². The number of benzene rings is 1. The van der Waals surface area contributed by atoms with E-state index in [-0.39, 0.29) is 6.09 Å². The van der Waals surface area contributed by atoms with Crippen LogP contribution in [0.3, 0.4) is 0 Å². The summed E-state index contributed by atoms with van der Waals surface area (Å²) in [5.41, 5.74) is 2.71. The van der Waals surface area contributed by atoms with Gasteiger partial charge in [-0.2, -0.15) is 0 Å². The average Bonchev–Trinajstić information content (AvgIpc) is 3.12. The number of amides is 1. The highest BCUT2D eigenvalue weighted by Crippen LogP contribution is 2.33. The zero-order valence-corrected chi connectivity index (χ0v) is 14.3. The molecule has 0 fully saturated rings. The maximum atomic E-state index is 12.5. The summed E-state index contributed by atoms with van der Waals surface area (Å²) < 4.78 is 9.37. The van der Waals surface area contributed by atoms with E-state index >= 15 is 0 Å². The second-order valence-electron chi connectivity index (χ2n) is 6.44. The minimum atomic E-state index is -0.499. The lowest BCUT2D eigenvalue weighted by atomic mass is 10.1. The average molecular weight is 332 g/mol. The lowest BCUT2D eigenvalue weighted by Crippen LogP contribution is -2.36. The van der Waals surface area contributed by atoms with E-state index in [1.54, 1.807) is 11.1 Å². The zero-order chi connectivity index (χ0) is 16.4. The van der Waals surface area contributed by atoms with Gasteiger partial charge in [0.05, 0.1) is 11.9 Å². The number of fused-ring (bicyclic) bond motifs is 1. The number of anilines is 2. The van der Waals surface area contributed by atoms with Gasteiger partial charge in [-0.15, -0.1) is 5.10 Å². The fraction of sp³-hybridized carbons (Fsp3) is 0.438. The summed E-state index contributed by atoms with van der Waals surface area (Å²) in [4.78, 5) is 14.2. The summed E-state index contributed by atoms with van der Waals surface area (Å²) in [6.45, 7) is 6.92. The van der Waals surface area contributed by atoms with Crippen LogP contribution in [0.5, 0.6) is 0 Å². The second-order valence-corrected chi connectivity index (χ2v) is 7.23. The molecule has 1 aromatic heterocycles. The van der Waals surface area contributed by atoms with Crippen LogP contribution in [0.2, 0.25) is 0 Å². The van der Waals surface area contributed by atoms with Crippen LogP contribution in [0.1, 0.15) is 31.9 Å². The fourth-order valence-electron chi connectivity index (χ4n) is 2.61. The molecule has 0 aliphatic carbocycles. The highest BCUT2D eigenvalue weighted by molar-refractivity contribution is 7.09. The van der Waals surface area contributed by atoms with Crippen LogP contribution < -0.4 is 10.2 Å². The van der Waals surface area contributed by atoms with Gasteiger partial charge in [-0.3, -0.25) is 4.90 Å². The van der Waals surface area contributed by atoms with Gasteiger partial charge >= 0.3 is 6.09 Å². The van der Waals surface area contributed by atoms with Crippen LogP contribution in [0.25, 0.3) is 0 Å². The summed E-state index contributed by atoms with van der Waals surface area (Å²) in [6.07, 6.45) is 2.26. The minimum Gasteiger partial charge on any atom is -0.443 e. The Balaban J connectivity index is 1.81. The van der Waals surface area contributed by atoms with Crippen molar-refractivity contribution in [3.63, 3.8) is 0 Å². The molecule has 1 aliphatic heterocycles. The Labute approximate surface area is 139 Å². The number of nitrogens with one attached hydrogen (secondary N) is 1. The first-order valence-corrected chi connectivity index (χ1v) is 8.34. The van der Waals surface area contributed by atoms with Crippen LogP contribution in [0.15, 0.2) is 24.4 Å². The van der Waals surface area contributed by atoms with Crippen molar-refractivity contribution in [3.05, 3.63) is 35.5 Å². The second kappa shape index (κ2) is 6.16. The summed E-state index contributed by atoms with van der Waals surface area (Å²) in [7, 11) is 0. The van der Waals surface area contributed by atoms with Gasteiger partial charge in [0, 0.05) is 24.6 Å². The topological polar surface area (TPSA) is 67.3 Å². The van der Waals surface area contributed by atoms with Crippen molar-refractivity contribution in [1.82, 2.24) is 9.59 Å². The first kappa shape index (κ1) is 15.7. The van der Waals surface area contributed by atoms with Gasteiger partial charge in [0.2, 0.25) is 0 Å². The Morgan fingerprint density at radius 2 is 2.26 bits per heavy atom. The van der Waals surface area contributed by atoms with E-state index in [1.807, 2.05) is 32.9 Å². The van der Waals surface area contributed by atoms with Crippen molar-refractivity contribution in [2.75, 3.05) is 16.8 Å². The van der Waals surface area contributed by atoms with Crippen LogP contribution >= 0.6 is 11.5 Å². The SMILES string of the molecule is CC(C)(C)OC(=O)N1CCc2cccc(CNc3cnns3)c21. The molecule has 7 heteroatoms. The molecule has 0 unspecified atom stereocenters. The summed E-state index contributed by atoms with van der Waals surface area (Å²) >= 11 is 1.31. The predicted molar refractivity (Wildman–Crippen MR) is 91.0 cm³/mol. The van der Waals surface area contributed by atoms with E-state index in [1.165, 1.54) is 17.1 Å². The molecule has 0 atom stereocenters. The predicted octanol–water partition coefficient (Wildman–Crippen LogP) is 3.45. The van der Waals surface area contributed by atoms with Crippen molar-refractivity contribution in [3.8, 4) is 0 Å². The Morgan fingerprint density at radius 3 is 2.96 bits per heavy atom. The molecular formula is C16H20N4O2S. The van der Waals surface area contributed by atoms with E-state index in [0.717, 1.165) is 22.7 Å². The molecule has 0 spiro atoms. The van der Waals surface area contributed by atoms with E-state index in [2.05, 4.69) is 21.0 Å².